The van der Waals surface area contributed by atoms with Crippen molar-refractivity contribution in [2.75, 3.05) is 5.32 Å². The van der Waals surface area contributed by atoms with Gasteiger partial charge in [-0.2, -0.15) is 0 Å². The minimum Gasteiger partial charge on any atom is -0.481 e. The Morgan fingerprint density at radius 2 is 1.70 bits per heavy atom. The Labute approximate surface area is 119 Å². The Kier molecular flexibility index (Phi) is 4.89. The zero-order valence-electron chi connectivity index (χ0n) is 12.3. The predicted octanol–water partition coefficient (Wildman–Crippen LogP) is 1.97. The van der Waals surface area contributed by atoms with Gasteiger partial charge >= 0.3 is 5.97 Å². The fraction of sp³-hybridized carbons (Fsp3) is 0.467. The molecule has 1 aromatic rings. The van der Waals surface area contributed by atoms with Gasteiger partial charge in [0.1, 0.15) is 0 Å². The molecule has 20 heavy (non-hydrogen) atoms. The molecule has 0 aliphatic rings. The number of carboxylic acid groups (broad SMARTS) is 1. The molecule has 0 aliphatic carbocycles. The summed E-state index contributed by atoms with van der Waals surface area (Å²) in [7, 11) is 0. The quantitative estimate of drug-likeness (QED) is 0.767. The lowest BCUT2D eigenvalue weighted by Crippen LogP contribution is -2.39. The van der Waals surface area contributed by atoms with Crippen LogP contribution in [0.4, 0.5) is 5.69 Å². The second-order valence-corrected chi connectivity index (χ2v) is 5.77. The number of anilines is 1. The highest BCUT2D eigenvalue weighted by molar-refractivity contribution is 5.94. The number of carbonyl (C=O) groups is 2. The molecule has 0 fully saturated rings. The lowest BCUT2D eigenvalue weighted by Gasteiger charge is -2.20. The summed E-state index contributed by atoms with van der Waals surface area (Å²) < 4.78 is 0. The third-order valence-corrected chi connectivity index (χ3v) is 3.43. The summed E-state index contributed by atoms with van der Waals surface area (Å²) in [6.07, 6.45) is 0. The number of nitrogens with one attached hydrogen (secondary N) is 1. The van der Waals surface area contributed by atoms with E-state index >= 15 is 0 Å². The Hall–Kier alpha value is -1.88. The topological polar surface area (TPSA) is 92.4 Å². The highest BCUT2D eigenvalue weighted by Gasteiger charge is 2.29. The Morgan fingerprint density at radius 1 is 1.20 bits per heavy atom. The molecule has 0 aliphatic heterocycles. The number of benzene rings is 1. The van der Waals surface area contributed by atoms with Crippen molar-refractivity contribution in [1.29, 1.82) is 0 Å². The third-order valence-electron chi connectivity index (χ3n) is 3.43. The fourth-order valence-corrected chi connectivity index (χ4v) is 1.62. The molecule has 1 unspecified atom stereocenters. The van der Waals surface area contributed by atoms with Gasteiger partial charge in [0.25, 0.3) is 0 Å². The van der Waals surface area contributed by atoms with Crippen LogP contribution in [0.15, 0.2) is 24.3 Å². The van der Waals surface area contributed by atoms with Gasteiger partial charge in [0.15, 0.2) is 0 Å². The largest absolute Gasteiger partial charge is 0.481 e. The Morgan fingerprint density at radius 3 is 2.10 bits per heavy atom. The van der Waals surface area contributed by atoms with Crippen molar-refractivity contribution >= 4 is 17.6 Å². The van der Waals surface area contributed by atoms with E-state index in [0.29, 0.717) is 11.3 Å². The molecular formula is C15H22N2O3. The van der Waals surface area contributed by atoms with Crippen LogP contribution < -0.4 is 11.1 Å². The summed E-state index contributed by atoms with van der Waals surface area (Å²) in [5, 5.41) is 11.9. The zero-order valence-corrected chi connectivity index (χ0v) is 12.3. The monoisotopic (exact) mass is 278 g/mol. The molecule has 1 aromatic carbocycles. The molecule has 1 atom stereocenters. The van der Waals surface area contributed by atoms with E-state index in [-0.39, 0.29) is 11.8 Å². The van der Waals surface area contributed by atoms with Gasteiger partial charge in [-0.3, -0.25) is 9.59 Å². The lowest BCUT2D eigenvalue weighted by atomic mass is 9.85. The fourth-order valence-electron chi connectivity index (χ4n) is 1.62. The van der Waals surface area contributed by atoms with Crippen molar-refractivity contribution in [2.45, 2.75) is 39.2 Å². The van der Waals surface area contributed by atoms with Crippen molar-refractivity contribution in [2.24, 2.45) is 11.7 Å². The van der Waals surface area contributed by atoms with Crippen LogP contribution in [0.2, 0.25) is 0 Å². The van der Waals surface area contributed by atoms with Gasteiger partial charge in [0, 0.05) is 5.69 Å². The zero-order chi connectivity index (χ0) is 15.5. The summed E-state index contributed by atoms with van der Waals surface area (Å²) in [4.78, 5) is 23.0. The number of hydrogen-bond acceptors (Lipinski definition) is 3. The van der Waals surface area contributed by atoms with Gasteiger partial charge in [-0.1, -0.05) is 26.0 Å². The molecule has 110 valence electrons. The van der Waals surface area contributed by atoms with Crippen molar-refractivity contribution in [1.82, 2.24) is 0 Å². The molecular weight excluding hydrogens is 256 g/mol. The number of carbonyl (C=O) groups excluding carboxylic acids is 1. The van der Waals surface area contributed by atoms with E-state index in [9.17, 15) is 9.59 Å². The Bertz CT molecular complexity index is 492. The highest BCUT2D eigenvalue weighted by Crippen LogP contribution is 2.24. The average molecular weight is 278 g/mol. The van der Waals surface area contributed by atoms with Crippen LogP contribution in [0, 0.1) is 5.92 Å². The van der Waals surface area contributed by atoms with Crippen molar-refractivity contribution in [3.05, 3.63) is 29.8 Å². The standard InChI is InChI=1S/C15H22N2O3/c1-9(2)12(16)13(18)17-11-7-5-10(6-8-11)15(3,4)14(19)20/h5-9,12H,16H2,1-4H3,(H,17,18)(H,19,20). The molecule has 0 heterocycles. The summed E-state index contributed by atoms with van der Waals surface area (Å²) in [5.74, 6) is -1.08. The minimum absolute atomic E-state index is 0.0558. The van der Waals surface area contributed by atoms with Crippen LogP contribution >= 0.6 is 0 Å². The van der Waals surface area contributed by atoms with Crippen molar-refractivity contribution in [3.8, 4) is 0 Å². The summed E-state index contributed by atoms with van der Waals surface area (Å²) in [5.41, 5.74) is 6.08. The third kappa shape index (κ3) is 3.57. The first-order chi connectivity index (χ1) is 9.16. The molecule has 4 N–H and O–H groups in total. The van der Waals surface area contributed by atoms with Gasteiger partial charge in [0.2, 0.25) is 5.91 Å². The number of carboxylic acids is 1. The van der Waals surface area contributed by atoms with Gasteiger partial charge in [-0.15, -0.1) is 0 Å². The molecule has 0 aromatic heterocycles. The van der Waals surface area contributed by atoms with E-state index in [4.69, 9.17) is 10.8 Å². The maximum Gasteiger partial charge on any atom is 0.313 e. The van der Waals surface area contributed by atoms with Crippen LogP contribution in [-0.4, -0.2) is 23.0 Å². The maximum absolute atomic E-state index is 11.8. The highest BCUT2D eigenvalue weighted by atomic mass is 16.4. The molecule has 0 bridgehead atoms. The number of aliphatic carboxylic acids is 1. The first-order valence-corrected chi connectivity index (χ1v) is 6.56. The smallest absolute Gasteiger partial charge is 0.313 e. The van der Waals surface area contributed by atoms with Crippen molar-refractivity contribution in [3.63, 3.8) is 0 Å². The van der Waals surface area contributed by atoms with E-state index in [1.165, 1.54) is 0 Å². The first kappa shape index (κ1) is 16.2. The van der Waals surface area contributed by atoms with Crippen LogP contribution in [0.3, 0.4) is 0 Å². The molecule has 5 nitrogen and oxygen atoms in total. The van der Waals surface area contributed by atoms with E-state index in [1.54, 1.807) is 38.1 Å². The average Bonchev–Trinajstić information content (AvgIpc) is 2.38. The molecule has 0 saturated heterocycles. The van der Waals surface area contributed by atoms with Crippen LogP contribution in [-0.2, 0) is 15.0 Å². The van der Waals surface area contributed by atoms with Crippen molar-refractivity contribution < 1.29 is 14.7 Å². The van der Waals surface area contributed by atoms with E-state index in [1.807, 2.05) is 13.8 Å². The summed E-state index contributed by atoms with van der Waals surface area (Å²) >= 11 is 0. The molecule has 1 rings (SSSR count). The number of amides is 1. The van der Waals surface area contributed by atoms with Gasteiger partial charge in [0.05, 0.1) is 11.5 Å². The molecule has 0 spiro atoms. The number of nitrogens with two attached hydrogens (primary N) is 1. The molecule has 0 radical (unpaired) electrons. The van der Waals surface area contributed by atoms with Gasteiger partial charge < -0.3 is 16.2 Å². The lowest BCUT2D eigenvalue weighted by molar-refractivity contribution is -0.142. The number of hydrogen-bond donors (Lipinski definition) is 3. The summed E-state index contributed by atoms with van der Waals surface area (Å²) in [6, 6.07) is 6.20. The van der Waals surface area contributed by atoms with Gasteiger partial charge in [-0.05, 0) is 37.5 Å². The predicted molar refractivity (Wildman–Crippen MR) is 78.5 cm³/mol. The maximum atomic E-state index is 11.8. The minimum atomic E-state index is -0.961. The SMILES string of the molecule is CC(C)C(N)C(=O)Nc1ccc(C(C)(C)C(=O)O)cc1. The second kappa shape index (κ2) is 6.05. The summed E-state index contributed by atoms with van der Waals surface area (Å²) in [6.45, 7) is 7.03. The van der Waals surface area contributed by atoms with Gasteiger partial charge in [-0.25, -0.2) is 0 Å². The second-order valence-electron chi connectivity index (χ2n) is 5.77. The first-order valence-electron chi connectivity index (χ1n) is 6.56. The number of rotatable bonds is 5. The van der Waals surface area contributed by atoms with E-state index in [2.05, 4.69) is 5.32 Å². The Balaban J connectivity index is 2.83. The molecule has 1 amide bonds. The van der Waals surface area contributed by atoms with E-state index in [0.717, 1.165) is 0 Å². The van der Waals surface area contributed by atoms with Crippen LogP contribution in [0.5, 0.6) is 0 Å². The molecule has 5 heteroatoms. The molecule has 0 saturated carbocycles. The normalized spacial score (nSPS) is 13.1. The van der Waals surface area contributed by atoms with Crippen LogP contribution in [0.25, 0.3) is 0 Å². The van der Waals surface area contributed by atoms with Crippen LogP contribution in [0.1, 0.15) is 33.3 Å². The van der Waals surface area contributed by atoms with E-state index < -0.39 is 17.4 Å².